The SMILES string of the molecule is CC1CN(Cc2ccno2)c2ccccc2CN1. The standard InChI is InChI=1S/C14H17N3O/c1-11-9-17(10-13-6-7-16-18-13)14-5-3-2-4-12(14)8-15-11/h2-7,11,15H,8-10H2,1H3. The van der Waals surface area contributed by atoms with Crippen LogP contribution in [0.2, 0.25) is 0 Å². The van der Waals surface area contributed by atoms with Crippen molar-refractivity contribution in [2.45, 2.75) is 26.1 Å². The first-order chi connectivity index (χ1) is 8.83. The molecule has 0 fully saturated rings. The van der Waals surface area contributed by atoms with Gasteiger partial charge in [0.25, 0.3) is 0 Å². The van der Waals surface area contributed by atoms with Crippen LogP contribution >= 0.6 is 0 Å². The van der Waals surface area contributed by atoms with Crippen LogP contribution in [0.5, 0.6) is 0 Å². The lowest BCUT2D eigenvalue weighted by atomic mass is 10.1. The lowest BCUT2D eigenvalue weighted by molar-refractivity contribution is 0.379. The molecule has 2 aromatic rings. The first-order valence-corrected chi connectivity index (χ1v) is 6.29. The lowest BCUT2D eigenvalue weighted by Gasteiger charge is -2.25. The maximum absolute atomic E-state index is 5.22. The van der Waals surface area contributed by atoms with E-state index in [0.717, 1.165) is 25.4 Å². The zero-order chi connectivity index (χ0) is 12.4. The highest BCUT2D eigenvalue weighted by Crippen LogP contribution is 2.24. The van der Waals surface area contributed by atoms with E-state index in [1.165, 1.54) is 11.3 Å². The van der Waals surface area contributed by atoms with E-state index in [1.54, 1.807) is 6.20 Å². The molecule has 3 rings (SSSR count). The zero-order valence-corrected chi connectivity index (χ0v) is 10.5. The molecule has 0 radical (unpaired) electrons. The van der Waals surface area contributed by atoms with Crippen LogP contribution in [-0.4, -0.2) is 17.7 Å². The molecule has 0 saturated carbocycles. The summed E-state index contributed by atoms with van der Waals surface area (Å²) in [6.45, 7) is 4.87. The predicted molar refractivity (Wildman–Crippen MR) is 70.3 cm³/mol. The molecule has 0 spiro atoms. The van der Waals surface area contributed by atoms with Crippen molar-refractivity contribution in [3.63, 3.8) is 0 Å². The van der Waals surface area contributed by atoms with Crippen molar-refractivity contribution < 1.29 is 4.52 Å². The minimum Gasteiger partial charge on any atom is -0.362 e. The number of hydrogen-bond donors (Lipinski definition) is 1. The zero-order valence-electron chi connectivity index (χ0n) is 10.5. The highest BCUT2D eigenvalue weighted by atomic mass is 16.5. The fourth-order valence-electron chi connectivity index (χ4n) is 2.41. The van der Waals surface area contributed by atoms with E-state index >= 15 is 0 Å². The Kier molecular flexibility index (Phi) is 3.02. The van der Waals surface area contributed by atoms with Gasteiger partial charge in [-0.25, -0.2) is 0 Å². The number of nitrogens with one attached hydrogen (secondary N) is 1. The van der Waals surface area contributed by atoms with Crippen molar-refractivity contribution in [3.8, 4) is 0 Å². The van der Waals surface area contributed by atoms with Gasteiger partial charge in [0, 0.05) is 30.9 Å². The Bertz CT molecular complexity index is 510. The third-order valence-electron chi connectivity index (χ3n) is 3.31. The van der Waals surface area contributed by atoms with Crippen LogP contribution < -0.4 is 10.2 Å². The molecule has 0 amide bonds. The number of para-hydroxylation sites is 1. The summed E-state index contributed by atoms with van der Waals surface area (Å²) in [6, 6.07) is 10.9. The molecular formula is C14H17N3O. The van der Waals surface area contributed by atoms with Gasteiger partial charge in [-0.1, -0.05) is 23.4 Å². The maximum atomic E-state index is 5.22. The number of fused-ring (bicyclic) bond motifs is 1. The van der Waals surface area contributed by atoms with Crippen LogP contribution in [0.1, 0.15) is 18.2 Å². The highest BCUT2D eigenvalue weighted by molar-refractivity contribution is 5.54. The summed E-state index contributed by atoms with van der Waals surface area (Å²) >= 11 is 0. The molecule has 0 saturated heterocycles. The molecule has 1 aliphatic heterocycles. The number of hydrogen-bond acceptors (Lipinski definition) is 4. The summed E-state index contributed by atoms with van der Waals surface area (Å²) in [4.78, 5) is 2.35. The van der Waals surface area contributed by atoms with Gasteiger partial charge in [0.1, 0.15) is 0 Å². The Labute approximate surface area is 107 Å². The van der Waals surface area contributed by atoms with E-state index in [2.05, 4.69) is 46.6 Å². The Balaban J connectivity index is 1.91. The Hall–Kier alpha value is -1.81. The molecule has 1 aromatic heterocycles. The molecule has 2 heterocycles. The van der Waals surface area contributed by atoms with Crippen molar-refractivity contribution in [2.75, 3.05) is 11.4 Å². The van der Waals surface area contributed by atoms with Gasteiger partial charge in [0.15, 0.2) is 5.76 Å². The maximum Gasteiger partial charge on any atom is 0.155 e. The summed E-state index contributed by atoms with van der Waals surface area (Å²) in [6.07, 6.45) is 1.70. The van der Waals surface area contributed by atoms with Gasteiger partial charge >= 0.3 is 0 Å². The van der Waals surface area contributed by atoms with Crippen LogP contribution in [0, 0.1) is 0 Å². The molecule has 1 aliphatic rings. The van der Waals surface area contributed by atoms with Gasteiger partial charge in [-0.15, -0.1) is 0 Å². The summed E-state index contributed by atoms with van der Waals surface area (Å²) in [7, 11) is 0. The van der Waals surface area contributed by atoms with E-state index in [9.17, 15) is 0 Å². The van der Waals surface area contributed by atoms with Crippen LogP contribution in [0.4, 0.5) is 5.69 Å². The summed E-state index contributed by atoms with van der Waals surface area (Å²) in [5.74, 6) is 0.902. The summed E-state index contributed by atoms with van der Waals surface area (Å²) in [5.41, 5.74) is 2.62. The fourth-order valence-corrected chi connectivity index (χ4v) is 2.41. The average molecular weight is 243 g/mol. The van der Waals surface area contributed by atoms with E-state index < -0.39 is 0 Å². The normalized spacial score (nSPS) is 19.4. The summed E-state index contributed by atoms with van der Waals surface area (Å²) < 4.78 is 5.22. The second kappa shape index (κ2) is 4.82. The minimum atomic E-state index is 0.459. The van der Waals surface area contributed by atoms with Crippen molar-refractivity contribution in [1.82, 2.24) is 10.5 Å². The molecule has 1 N–H and O–H groups in total. The summed E-state index contributed by atoms with van der Waals surface area (Å²) in [5, 5.41) is 7.29. The van der Waals surface area contributed by atoms with Gasteiger partial charge in [-0.3, -0.25) is 0 Å². The second-order valence-electron chi connectivity index (χ2n) is 4.77. The topological polar surface area (TPSA) is 41.3 Å². The third kappa shape index (κ3) is 2.24. The number of aromatic nitrogens is 1. The van der Waals surface area contributed by atoms with Crippen molar-refractivity contribution in [3.05, 3.63) is 47.9 Å². The third-order valence-corrected chi connectivity index (χ3v) is 3.31. The van der Waals surface area contributed by atoms with Gasteiger partial charge < -0.3 is 14.7 Å². The lowest BCUT2D eigenvalue weighted by Crippen LogP contribution is -2.35. The van der Waals surface area contributed by atoms with E-state index in [-0.39, 0.29) is 0 Å². The van der Waals surface area contributed by atoms with E-state index in [1.807, 2.05) is 6.07 Å². The largest absolute Gasteiger partial charge is 0.362 e. The van der Waals surface area contributed by atoms with Crippen molar-refractivity contribution in [2.24, 2.45) is 0 Å². The molecule has 0 bridgehead atoms. The molecule has 1 aromatic carbocycles. The molecule has 18 heavy (non-hydrogen) atoms. The van der Waals surface area contributed by atoms with Gasteiger partial charge in [-0.05, 0) is 18.6 Å². The number of nitrogens with zero attached hydrogens (tertiary/aromatic N) is 2. The fraction of sp³-hybridized carbons (Fsp3) is 0.357. The molecule has 1 atom stereocenters. The monoisotopic (exact) mass is 243 g/mol. The van der Waals surface area contributed by atoms with Crippen LogP contribution in [0.3, 0.4) is 0 Å². The van der Waals surface area contributed by atoms with Gasteiger partial charge in [0.05, 0.1) is 12.7 Å². The Morgan fingerprint density at radius 3 is 3.11 bits per heavy atom. The van der Waals surface area contributed by atoms with E-state index in [4.69, 9.17) is 4.52 Å². The Morgan fingerprint density at radius 1 is 1.39 bits per heavy atom. The number of rotatable bonds is 2. The molecule has 1 unspecified atom stereocenters. The highest BCUT2D eigenvalue weighted by Gasteiger charge is 2.19. The first kappa shape index (κ1) is 11.3. The van der Waals surface area contributed by atoms with Gasteiger partial charge in [-0.2, -0.15) is 0 Å². The quantitative estimate of drug-likeness (QED) is 0.877. The van der Waals surface area contributed by atoms with Gasteiger partial charge in [0.2, 0.25) is 0 Å². The minimum absolute atomic E-state index is 0.459. The number of benzene rings is 1. The number of anilines is 1. The molecule has 0 aliphatic carbocycles. The second-order valence-corrected chi connectivity index (χ2v) is 4.77. The first-order valence-electron chi connectivity index (χ1n) is 6.29. The molecular weight excluding hydrogens is 226 g/mol. The average Bonchev–Trinajstić information content (AvgIpc) is 2.83. The predicted octanol–water partition coefficient (Wildman–Crippen LogP) is 2.17. The van der Waals surface area contributed by atoms with Crippen molar-refractivity contribution >= 4 is 5.69 Å². The molecule has 4 heteroatoms. The van der Waals surface area contributed by atoms with Crippen LogP contribution in [-0.2, 0) is 13.1 Å². The van der Waals surface area contributed by atoms with Crippen LogP contribution in [0.25, 0.3) is 0 Å². The molecule has 94 valence electrons. The smallest absolute Gasteiger partial charge is 0.155 e. The van der Waals surface area contributed by atoms with Crippen LogP contribution in [0.15, 0.2) is 41.1 Å². The Morgan fingerprint density at radius 2 is 2.28 bits per heavy atom. The van der Waals surface area contributed by atoms with E-state index in [0.29, 0.717) is 6.04 Å². The van der Waals surface area contributed by atoms with Crippen molar-refractivity contribution in [1.29, 1.82) is 0 Å². The molecule has 4 nitrogen and oxygen atoms in total.